The fourth-order valence-corrected chi connectivity index (χ4v) is 4.93. The molecule has 0 bridgehead atoms. The van der Waals surface area contributed by atoms with Gasteiger partial charge in [0.25, 0.3) is 0 Å². The highest BCUT2D eigenvalue weighted by molar-refractivity contribution is 6.17. The minimum atomic E-state index is -1.28. The van der Waals surface area contributed by atoms with E-state index >= 15 is 0 Å². The summed E-state index contributed by atoms with van der Waals surface area (Å²) in [7, 11) is 1.60. The van der Waals surface area contributed by atoms with Crippen LogP contribution in [0, 0.1) is 6.92 Å². The van der Waals surface area contributed by atoms with Gasteiger partial charge < -0.3 is 19.5 Å². The molecule has 6 heteroatoms. The minimum Gasteiger partial charge on any atom is -0.496 e. The zero-order chi connectivity index (χ0) is 25.4. The third-order valence-corrected chi connectivity index (χ3v) is 6.33. The molecule has 0 atom stereocenters. The fraction of sp³-hybridized carbons (Fsp3) is 0.172. The molecule has 4 aromatic rings. The van der Waals surface area contributed by atoms with Crippen LogP contribution in [0.2, 0.25) is 0 Å². The molecule has 1 heterocycles. The Morgan fingerprint density at radius 2 is 1.37 bits per heavy atom. The maximum absolute atomic E-state index is 12.4. The first kappa shape index (κ1) is 23.8. The number of carboxylic acid groups (broad SMARTS) is 2. The van der Waals surface area contributed by atoms with Crippen LogP contribution in [0.4, 0.5) is 0 Å². The molecule has 3 aromatic carbocycles. The van der Waals surface area contributed by atoms with E-state index in [4.69, 9.17) is 4.74 Å². The summed E-state index contributed by atoms with van der Waals surface area (Å²) in [5.41, 5.74) is 3.67. The standard InChI is InChI=1S/C29H27NO5/c1-16(2)24(28(31)32)26(29(33)34)17(3)25-18(4)30(19-11-7-6-8-12-19)27-21-14-10-9-13-20(21)23(35-5)15-22(25)27/h6-15H,1-5H3,(H,31,32)(H,33,34). The molecule has 0 aliphatic rings. The van der Waals surface area contributed by atoms with E-state index in [1.165, 1.54) is 0 Å². The number of methoxy groups -OCH3 is 1. The lowest BCUT2D eigenvalue weighted by atomic mass is 9.91. The predicted molar refractivity (Wildman–Crippen MR) is 138 cm³/mol. The lowest BCUT2D eigenvalue weighted by molar-refractivity contribution is -0.136. The number of aromatic nitrogens is 1. The van der Waals surface area contributed by atoms with E-state index in [1.807, 2.05) is 67.6 Å². The lowest BCUT2D eigenvalue weighted by Crippen LogP contribution is -2.14. The van der Waals surface area contributed by atoms with Crippen molar-refractivity contribution in [1.82, 2.24) is 4.57 Å². The number of para-hydroxylation sites is 1. The summed E-state index contributed by atoms with van der Waals surface area (Å²) < 4.78 is 7.81. The van der Waals surface area contributed by atoms with E-state index in [0.717, 1.165) is 33.1 Å². The van der Waals surface area contributed by atoms with Gasteiger partial charge in [-0.05, 0) is 51.5 Å². The molecule has 0 fully saturated rings. The van der Waals surface area contributed by atoms with Crippen LogP contribution in [0.25, 0.3) is 32.9 Å². The number of hydrogen-bond donors (Lipinski definition) is 2. The summed E-state index contributed by atoms with van der Waals surface area (Å²) in [6.45, 7) is 6.82. The summed E-state index contributed by atoms with van der Waals surface area (Å²) in [5.74, 6) is -1.90. The fourth-order valence-electron chi connectivity index (χ4n) is 4.93. The zero-order valence-electron chi connectivity index (χ0n) is 20.3. The van der Waals surface area contributed by atoms with E-state index in [2.05, 4.69) is 4.57 Å². The Hall–Kier alpha value is -4.32. The molecule has 0 saturated carbocycles. The molecule has 35 heavy (non-hydrogen) atoms. The Balaban J connectivity index is 2.28. The van der Waals surface area contributed by atoms with Crippen LogP contribution in [-0.2, 0) is 9.59 Å². The Labute approximate surface area is 203 Å². The first-order valence-corrected chi connectivity index (χ1v) is 11.2. The largest absolute Gasteiger partial charge is 0.496 e. The molecule has 0 unspecified atom stereocenters. The second-order valence-electron chi connectivity index (χ2n) is 8.64. The number of rotatable bonds is 6. The molecular formula is C29H27NO5. The van der Waals surface area contributed by atoms with Crippen molar-refractivity contribution in [3.8, 4) is 11.4 Å². The van der Waals surface area contributed by atoms with Crippen LogP contribution < -0.4 is 4.74 Å². The maximum Gasteiger partial charge on any atom is 0.336 e. The molecule has 0 spiro atoms. The summed E-state index contributed by atoms with van der Waals surface area (Å²) in [5, 5.41) is 22.7. The third kappa shape index (κ3) is 3.87. The number of allylic oxidation sites excluding steroid dienone is 2. The Morgan fingerprint density at radius 1 is 0.800 bits per heavy atom. The van der Waals surface area contributed by atoms with Gasteiger partial charge in [0.15, 0.2) is 0 Å². The van der Waals surface area contributed by atoms with Gasteiger partial charge in [0.2, 0.25) is 0 Å². The minimum absolute atomic E-state index is 0.206. The number of carbonyl (C=O) groups is 2. The third-order valence-electron chi connectivity index (χ3n) is 6.33. The van der Waals surface area contributed by atoms with E-state index < -0.39 is 11.9 Å². The highest BCUT2D eigenvalue weighted by Gasteiger charge is 2.28. The number of fused-ring (bicyclic) bond motifs is 3. The zero-order valence-corrected chi connectivity index (χ0v) is 20.3. The number of hydrogen-bond acceptors (Lipinski definition) is 3. The van der Waals surface area contributed by atoms with Gasteiger partial charge in [-0.2, -0.15) is 0 Å². The molecule has 1 aromatic heterocycles. The number of carboxylic acids is 2. The molecule has 2 N–H and O–H groups in total. The average molecular weight is 470 g/mol. The van der Waals surface area contributed by atoms with Crippen molar-refractivity contribution in [2.24, 2.45) is 0 Å². The number of aliphatic carboxylic acids is 2. The van der Waals surface area contributed by atoms with Crippen molar-refractivity contribution in [3.05, 3.63) is 88.6 Å². The molecule has 0 aliphatic heterocycles. The van der Waals surface area contributed by atoms with Crippen molar-refractivity contribution in [3.63, 3.8) is 0 Å². The summed E-state index contributed by atoms with van der Waals surface area (Å²) in [6, 6.07) is 19.6. The van der Waals surface area contributed by atoms with Crippen LogP contribution in [0.1, 0.15) is 32.0 Å². The van der Waals surface area contributed by atoms with Crippen LogP contribution in [0.15, 0.2) is 77.4 Å². The van der Waals surface area contributed by atoms with Gasteiger partial charge in [-0.25, -0.2) is 9.59 Å². The number of nitrogens with zero attached hydrogens (tertiary/aromatic N) is 1. The van der Waals surface area contributed by atoms with Crippen LogP contribution in [0.3, 0.4) is 0 Å². The topological polar surface area (TPSA) is 88.8 Å². The lowest BCUT2D eigenvalue weighted by Gasteiger charge is -2.13. The summed E-state index contributed by atoms with van der Waals surface area (Å²) >= 11 is 0. The van der Waals surface area contributed by atoms with Gasteiger partial charge in [0, 0.05) is 33.1 Å². The highest BCUT2D eigenvalue weighted by Crippen LogP contribution is 2.42. The molecule has 0 radical (unpaired) electrons. The number of ether oxygens (including phenoxy) is 1. The molecule has 0 aliphatic carbocycles. The van der Waals surface area contributed by atoms with E-state index in [1.54, 1.807) is 27.9 Å². The quantitative estimate of drug-likeness (QED) is 0.253. The van der Waals surface area contributed by atoms with Gasteiger partial charge in [0.1, 0.15) is 5.75 Å². The average Bonchev–Trinajstić information content (AvgIpc) is 3.13. The first-order chi connectivity index (χ1) is 16.7. The van der Waals surface area contributed by atoms with Crippen molar-refractivity contribution in [2.45, 2.75) is 27.7 Å². The van der Waals surface area contributed by atoms with Gasteiger partial charge in [0.05, 0.1) is 23.8 Å². The van der Waals surface area contributed by atoms with Crippen LogP contribution in [0.5, 0.6) is 5.75 Å². The molecule has 4 rings (SSSR count). The number of benzene rings is 3. The summed E-state index contributed by atoms with van der Waals surface area (Å²) in [6.07, 6.45) is 0. The van der Waals surface area contributed by atoms with Gasteiger partial charge in [-0.15, -0.1) is 0 Å². The van der Waals surface area contributed by atoms with Crippen molar-refractivity contribution >= 4 is 39.2 Å². The molecule has 0 amide bonds. The first-order valence-electron chi connectivity index (χ1n) is 11.2. The second kappa shape index (κ2) is 9.14. The second-order valence-corrected chi connectivity index (χ2v) is 8.64. The van der Waals surface area contributed by atoms with E-state index in [0.29, 0.717) is 22.5 Å². The van der Waals surface area contributed by atoms with Gasteiger partial charge >= 0.3 is 11.9 Å². The van der Waals surface area contributed by atoms with Crippen molar-refractivity contribution in [2.75, 3.05) is 7.11 Å². The smallest absolute Gasteiger partial charge is 0.336 e. The van der Waals surface area contributed by atoms with Crippen molar-refractivity contribution in [1.29, 1.82) is 0 Å². The van der Waals surface area contributed by atoms with E-state index in [-0.39, 0.29) is 11.1 Å². The van der Waals surface area contributed by atoms with Crippen molar-refractivity contribution < 1.29 is 24.5 Å². The molecular weight excluding hydrogens is 442 g/mol. The van der Waals surface area contributed by atoms with Crippen LogP contribution >= 0.6 is 0 Å². The molecule has 6 nitrogen and oxygen atoms in total. The Morgan fingerprint density at radius 3 is 1.91 bits per heavy atom. The van der Waals surface area contributed by atoms with Crippen LogP contribution in [-0.4, -0.2) is 33.8 Å². The SMILES string of the molecule is COc1cc2c(C(C)=C(C(=O)O)C(C(=O)O)=C(C)C)c(C)n(-c3ccccc3)c2c2ccccc12. The van der Waals surface area contributed by atoms with Gasteiger partial charge in [-0.3, -0.25) is 0 Å². The normalized spacial score (nSPS) is 11.9. The maximum atomic E-state index is 12.4. The Bertz CT molecular complexity index is 1550. The molecule has 178 valence electrons. The summed E-state index contributed by atoms with van der Waals surface area (Å²) in [4.78, 5) is 24.5. The highest BCUT2D eigenvalue weighted by atomic mass is 16.5. The van der Waals surface area contributed by atoms with E-state index in [9.17, 15) is 19.8 Å². The van der Waals surface area contributed by atoms with Gasteiger partial charge in [-0.1, -0.05) is 48.0 Å². The monoisotopic (exact) mass is 469 g/mol. The molecule has 0 saturated heterocycles. The predicted octanol–water partition coefficient (Wildman–Crippen LogP) is 6.38. The Kier molecular flexibility index (Phi) is 6.22.